The zero-order chi connectivity index (χ0) is 11.1. The number of rotatable bonds is 6. The van der Waals surface area contributed by atoms with Gasteiger partial charge in [-0.25, -0.2) is 0 Å². The zero-order valence-corrected chi connectivity index (χ0v) is 10.1. The van der Waals surface area contributed by atoms with Gasteiger partial charge in [-0.3, -0.25) is 4.79 Å². The van der Waals surface area contributed by atoms with Gasteiger partial charge in [0.15, 0.2) is 0 Å². The molecule has 2 heteroatoms. The third-order valence-electron chi connectivity index (χ3n) is 3.02. The Bertz CT molecular complexity index is 181. The predicted molar refractivity (Wildman–Crippen MR) is 61.9 cm³/mol. The third-order valence-corrected chi connectivity index (χ3v) is 3.02. The monoisotopic (exact) mass is 212 g/mol. The average Bonchev–Trinajstić information content (AvgIpc) is 2.25. The van der Waals surface area contributed by atoms with Gasteiger partial charge in [0, 0.05) is 19.4 Å². The van der Waals surface area contributed by atoms with Crippen LogP contribution in [0.15, 0.2) is 0 Å². The zero-order valence-electron chi connectivity index (χ0n) is 10.1. The minimum Gasteiger partial charge on any atom is -0.378 e. The Labute approximate surface area is 93.4 Å². The lowest BCUT2D eigenvalue weighted by Gasteiger charge is -2.22. The van der Waals surface area contributed by atoms with E-state index in [-0.39, 0.29) is 0 Å². The molecule has 88 valence electrons. The van der Waals surface area contributed by atoms with Gasteiger partial charge in [0.2, 0.25) is 0 Å². The Morgan fingerprint density at radius 3 is 2.73 bits per heavy atom. The summed E-state index contributed by atoms with van der Waals surface area (Å²) in [5.74, 6) is 1.05. The highest BCUT2D eigenvalue weighted by Gasteiger charge is 2.15. The summed E-state index contributed by atoms with van der Waals surface area (Å²) in [6, 6.07) is 0. The Kier molecular flexibility index (Phi) is 5.92. The van der Waals surface area contributed by atoms with Crippen molar-refractivity contribution in [1.29, 1.82) is 0 Å². The molecule has 0 saturated carbocycles. The largest absolute Gasteiger partial charge is 0.378 e. The van der Waals surface area contributed by atoms with Crippen LogP contribution in [0.1, 0.15) is 58.8 Å². The van der Waals surface area contributed by atoms with Crippen molar-refractivity contribution in [2.45, 2.75) is 64.9 Å². The fourth-order valence-corrected chi connectivity index (χ4v) is 1.93. The van der Waals surface area contributed by atoms with Crippen molar-refractivity contribution in [2.24, 2.45) is 5.92 Å². The van der Waals surface area contributed by atoms with Gasteiger partial charge in [-0.2, -0.15) is 0 Å². The molecule has 1 atom stereocenters. The lowest BCUT2D eigenvalue weighted by Crippen LogP contribution is -2.20. The molecule has 0 amide bonds. The second-order valence-corrected chi connectivity index (χ2v) is 5.00. The normalized spacial score (nSPS) is 21.9. The minimum atomic E-state index is 0.363. The summed E-state index contributed by atoms with van der Waals surface area (Å²) in [4.78, 5) is 11.5. The maximum Gasteiger partial charge on any atom is 0.133 e. The molecule has 2 nitrogen and oxygen atoms in total. The number of carbonyl (C=O) groups excluding carboxylic acids is 1. The van der Waals surface area contributed by atoms with Crippen molar-refractivity contribution in [1.82, 2.24) is 0 Å². The summed E-state index contributed by atoms with van der Waals surface area (Å²) in [7, 11) is 0. The summed E-state index contributed by atoms with van der Waals surface area (Å²) in [5, 5.41) is 0. The van der Waals surface area contributed by atoms with Crippen LogP contribution in [0.4, 0.5) is 0 Å². The fraction of sp³-hybridized carbons (Fsp3) is 0.923. The SMILES string of the molecule is CC(C)CCC(=O)CCC1CCCCO1. The molecule has 0 aromatic carbocycles. The van der Waals surface area contributed by atoms with E-state index in [1.165, 1.54) is 12.8 Å². The van der Waals surface area contributed by atoms with E-state index in [0.717, 1.165) is 38.7 Å². The molecule has 0 aromatic rings. The number of ketones is 1. The van der Waals surface area contributed by atoms with Gasteiger partial charge in [0.25, 0.3) is 0 Å². The van der Waals surface area contributed by atoms with Crippen LogP contribution in [0.2, 0.25) is 0 Å². The Morgan fingerprint density at radius 2 is 2.13 bits per heavy atom. The number of hydrogen-bond donors (Lipinski definition) is 0. The average molecular weight is 212 g/mol. The first-order valence-corrected chi connectivity index (χ1v) is 6.32. The molecule has 0 aliphatic carbocycles. The molecule has 1 rings (SSSR count). The molecular weight excluding hydrogens is 188 g/mol. The van der Waals surface area contributed by atoms with Crippen molar-refractivity contribution in [3.8, 4) is 0 Å². The van der Waals surface area contributed by atoms with E-state index < -0.39 is 0 Å². The number of Topliss-reactive ketones (excluding diaryl/α,β-unsaturated/α-hetero) is 1. The molecule has 0 bridgehead atoms. The van der Waals surface area contributed by atoms with Crippen LogP contribution in [0.25, 0.3) is 0 Å². The highest BCUT2D eigenvalue weighted by molar-refractivity contribution is 5.78. The van der Waals surface area contributed by atoms with Crippen molar-refractivity contribution in [3.05, 3.63) is 0 Å². The maximum atomic E-state index is 11.5. The van der Waals surface area contributed by atoms with E-state index in [1.54, 1.807) is 0 Å². The molecule has 0 spiro atoms. The van der Waals surface area contributed by atoms with Crippen LogP contribution < -0.4 is 0 Å². The van der Waals surface area contributed by atoms with Crippen molar-refractivity contribution < 1.29 is 9.53 Å². The summed E-state index contributed by atoms with van der Waals surface area (Å²) in [6.45, 7) is 5.22. The number of hydrogen-bond acceptors (Lipinski definition) is 2. The van der Waals surface area contributed by atoms with E-state index in [0.29, 0.717) is 17.8 Å². The summed E-state index contributed by atoms with van der Waals surface area (Å²) >= 11 is 0. The van der Waals surface area contributed by atoms with Gasteiger partial charge in [0.05, 0.1) is 6.10 Å². The van der Waals surface area contributed by atoms with Gasteiger partial charge < -0.3 is 4.74 Å². The van der Waals surface area contributed by atoms with Crippen molar-refractivity contribution >= 4 is 5.78 Å². The molecule has 1 aliphatic heterocycles. The second-order valence-electron chi connectivity index (χ2n) is 5.00. The third kappa shape index (κ3) is 5.93. The van der Waals surface area contributed by atoms with E-state index in [1.807, 2.05) is 0 Å². The van der Waals surface area contributed by atoms with Crippen LogP contribution in [0.3, 0.4) is 0 Å². The first-order chi connectivity index (χ1) is 7.18. The van der Waals surface area contributed by atoms with E-state index in [2.05, 4.69) is 13.8 Å². The van der Waals surface area contributed by atoms with Crippen LogP contribution in [0.5, 0.6) is 0 Å². The first-order valence-electron chi connectivity index (χ1n) is 6.32. The van der Waals surface area contributed by atoms with Gasteiger partial charge in [0.1, 0.15) is 5.78 Å². The van der Waals surface area contributed by atoms with Crippen LogP contribution in [-0.2, 0) is 9.53 Å². The minimum absolute atomic E-state index is 0.363. The molecule has 1 saturated heterocycles. The Hall–Kier alpha value is -0.370. The molecule has 0 radical (unpaired) electrons. The first kappa shape index (κ1) is 12.7. The van der Waals surface area contributed by atoms with Crippen LogP contribution in [-0.4, -0.2) is 18.5 Å². The Morgan fingerprint density at radius 1 is 1.33 bits per heavy atom. The highest BCUT2D eigenvalue weighted by atomic mass is 16.5. The highest BCUT2D eigenvalue weighted by Crippen LogP contribution is 2.18. The van der Waals surface area contributed by atoms with Crippen LogP contribution in [0, 0.1) is 5.92 Å². The molecular formula is C13H24O2. The topological polar surface area (TPSA) is 26.3 Å². The lowest BCUT2D eigenvalue weighted by atomic mass is 9.99. The standard InChI is InChI=1S/C13H24O2/c1-11(2)6-7-12(14)8-9-13-5-3-4-10-15-13/h11,13H,3-10H2,1-2H3. The maximum absolute atomic E-state index is 11.5. The molecule has 15 heavy (non-hydrogen) atoms. The van der Waals surface area contributed by atoms with Crippen LogP contribution >= 0.6 is 0 Å². The molecule has 1 fully saturated rings. The summed E-state index contributed by atoms with van der Waals surface area (Å²) in [6.07, 6.45) is 7.42. The molecule has 1 heterocycles. The van der Waals surface area contributed by atoms with Gasteiger partial charge in [-0.1, -0.05) is 13.8 Å². The van der Waals surface area contributed by atoms with Gasteiger partial charge in [-0.05, 0) is 38.0 Å². The number of carbonyl (C=O) groups is 1. The van der Waals surface area contributed by atoms with Gasteiger partial charge in [-0.15, -0.1) is 0 Å². The molecule has 0 aromatic heterocycles. The van der Waals surface area contributed by atoms with E-state index in [9.17, 15) is 4.79 Å². The second kappa shape index (κ2) is 7.00. The van der Waals surface area contributed by atoms with E-state index in [4.69, 9.17) is 4.74 Å². The fourth-order valence-electron chi connectivity index (χ4n) is 1.93. The number of ether oxygens (including phenoxy) is 1. The summed E-state index contributed by atoms with van der Waals surface area (Å²) < 4.78 is 5.60. The molecule has 1 aliphatic rings. The molecule has 1 unspecified atom stereocenters. The van der Waals surface area contributed by atoms with Crippen molar-refractivity contribution in [3.63, 3.8) is 0 Å². The smallest absolute Gasteiger partial charge is 0.133 e. The van der Waals surface area contributed by atoms with E-state index >= 15 is 0 Å². The summed E-state index contributed by atoms with van der Waals surface area (Å²) in [5.41, 5.74) is 0. The predicted octanol–water partition coefficient (Wildman–Crippen LogP) is 3.34. The van der Waals surface area contributed by atoms with Crippen molar-refractivity contribution in [2.75, 3.05) is 6.61 Å². The quantitative estimate of drug-likeness (QED) is 0.675. The van der Waals surface area contributed by atoms with Gasteiger partial charge >= 0.3 is 0 Å². The molecule has 0 N–H and O–H groups in total. The lowest BCUT2D eigenvalue weighted by molar-refractivity contribution is -0.120. The Balaban J connectivity index is 2.05.